The molecule has 32 heavy (non-hydrogen) atoms. The zero-order valence-corrected chi connectivity index (χ0v) is 19.2. The van der Waals surface area contributed by atoms with Gasteiger partial charge in [0.05, 0.1) is 31.2 Å². The van der Waals surface area contributed by atoms with Crippen LogP contribution in [-0.4, -0.2) is 38.2 Å². The maximum atomic E-state index is 13.0. The van der Waals surface area contributed by atoms with Gasteiger partial charge < -0.3 is 10.1 Å². The molecule has 1 aromatic carbocycles. The van der Waals surface area contributed by atoms with Gasteiger partial charge in [-0.2, -0.15) is 5.10 Å². The number of hydrogen-bond acceptors (Lipinski definition) is 6. The summed E-state index contributed by atoms with van der Waals surface area (Å²) in [6, 6.07) is 10.8. The molecule has 0 aliphatic rings. The fourth-order valence-corrected chi connectivity index (χ4v) is 3.66. The standard InChI is InChI=1S/C24H29N5O3/c1-6-32-23(31)14-21(19-10-8-7-9-11-19)27-22(30)13-20-17(4)28-29(18(20)5)24-25-15(2)12-16(3)26-24/h7-12,21H,6,13-14H2,1-5H3,(H,27,30). The number of esters is 1. The first-order valence-electron chi connectivity index (χ1n) is 10.7. The predicted molar refractivity (Wildman–Crippen MR) is 120 cm³/mol. The van der Waals surface area contributed by atoms with E-state index >= 15 is 0 Å². The lowest BCUT2D eigenvalue weighted by molar-refractivity contribution is -0.143. The summed E-state index contributed by atoms with van der Waals surface area (Å²) in [7, 11) is 0. The molecule has 0 fully saturated rings. The highest BCUT2D eigenvalue weighted by Gasteiger charge is 2.22. The average Bonchev–Trinajstić information content (AvgIpc) is 3.01. The Morgan fingerprint density at radius 1 is 1.06 bits per heavy atom. The van der Waals surface area contributed by atoms with Gasteiger partial charge in [-0.15, -0.1) is 0 Å². The second-order valence-electron chi connectivity index (χ2n) is 7.73. The maximum absolute atomic E-state index is 13.0. The van der Waals surface area contributed by atoms with E-state index in [1.54, 1.807) is 11.6 Å². The Hall–Kier alpha value is -3.55. The number of rotatable bonds is 8. The van der Waals surface area contributed by atoms with E-state index in [1.165, 1.54) is 0 Å². The highest BCUT2D eigenvalue weighted by atomic mass is 16.5. The van der Waals surface area contributed by atoms with Crippen molar-refractivity contribution in [3.8, 4) is 5.95 Å². The first-order chi connectivity index (χ1) is 15.3. The second kappa shape index (κ2) is 10.2. The van der Waals surface area contributed by atoms with Crippen LogP contribution in [0.2, 0.25) is 0 Å². The van der Waals surface area contributed by atoms with E-state index in [0.29, 0.717) is 12.6 Å². The van der Waals surface area contributed by atoms with E-state index in [-0.39, 0.29) is 24.7 Å². The summed E-state index contributed by atoms with van der Waals surface area (Å²) in [4.78, 5) is 34.0. The minimum Gasteiger partial charge on any atom is -0.466 e. The Labute approximate surface area is 188 Å². The predicted octanol–water partition coefficient (Wildman–Crippen LogP) is 3.25. The molecule has 1 N–H and O–H groups in total. The largest absolute Gasteiger partial charge is 0.466 e. The first-order valence-corrected chi connectivity index (χ1v) is 10.7. The van der Waals surface area contributed by atoms with E-state index in [9.17, 15) is 9.59 Å². The molecule has 0 bridgehead atoms. The first kappa shape index (κ1) is 23.1. The zero-order chi connectivity index (χ0) is 23.3. The van der Waals surface area contributed by atoms with E-state index in [2.05, 4.69) is 20.4 Å². The molecule has 168 valence electrons. The summed E-state index contributed by atoms with van der Waals surface area (Å²) in [6.07, 6.45) is 0.200. The Kier molecular flexibility index (Phi) is 7.35. The van der Waals surface area contributed by atoms with Gasteiger partial charge in [0.25, 0.3) is 5.95 Å². The Morgan fingerprint density at radius 2 is 1.72 bits per heavy atom. The molecule has 1 atom stereocenters. The van der Waals surface area contributed by atoms with Gasteiger partial charge >= 0.3 is 5.97 Å². The lowest BCUT2D eigenvalue weighted by Crippen LogP contribution is -2.32. The lowest BCUT2D eigenvalue weighted by atomic mass is 10.0. The molecule has 0 radical (unpaired) electrons. The fraction of sp³-hybridized carbons (Fsp3) is 0.375. The van der Waals surface area contributed by atoms with Crippen LogP contribution in [0.1, 0.15) is 53.3 Å². The van der Waals surface area contributed by atoms with Crippen molar-refractivity contribution in [3.05, 3.63) is 70.3 Å². The van der Waals surface area contributed by atoms with Crippen molar-refractivity contribution < 1.29 is 14.3 Å². The van der Waals surface area contributed by atoms with Crippen LogP contribution in [0.5, 0.6) is 0 Å². The van der Waals surface area contributed by atoms with Crippen molar-refractivity contribution >= 4 is 11.9 Å². The normalized spacial score (nSPS) is 11.8. The van der Waals surface area contributed by atoms with E-state index in [1.807, 2.05) is 64.1 Å². The van der Waals surface area contributed by atoms with Gasteiger partial charge in [0.2, 0.25) is 5.91 Å². The Morgan fingerprint density at radius 3 is 2.34 bits per heavy atom. The van der Waals surface area contributed by atoms with Gasteiger partial charge in [-0.1, -0.05) is 30.3 Å². The fourth-order valence-electron chi connectivity index (χ4n) is 3.66. The van der Waals surface area contributed by atoms with Crippen molar-refractivity contribution in [2.24, 2.45) is 0 Å². The molecule has 1 unspecified atom stereocenters. The van der Waals surface area contributed by atoms with E-state index < -0.39 is 6.04 Å². The van der Waals surface area contributed by atoms with Crippen LogP contribution < -0.4 is 5.32 Å². The number of ether oxygens (including phenoxy) is 1. The number of aromatic nitrogens is 4. The summed E-state index contributed by atoms with van der Waals surface area (Å²) in [6.45, 7) is 9.64. The SMILES string of the molecule is CCOC(=O)CC(NC(=O)Cc1c(C)nn(-c2nc(C)cc(C)n2)c1C)c1ccccc1. The van der Waals surface area contributed by atoms with E-state index in [4.69, 9.17) is 4.74 Å². The monoisotopic (exact) mass is 435 g/mol. The van der Waals surface area contributed by atoms with Gasteiger partial charge in [0, 0.05) is 22.6 Å². The third-order valence-electron chi connectivity index (χ3n) is 5.15. The van der Waals surface area contributed by atoms with Gasteiger partial charge in [0.1, 0.15) is 0 Å². The molecule has 3 aromatic rings. The second-order valence-corrected chi connectivity index (χ2v) is 7.73. The number of nitrogens with zero attached hydrogens (tertiary/aromatic N) is 4. The summed E-state index contributed by atoms with van der Waals surface area (Å²) in [5.41, 5.74) is 4.91. The number of amides is 1. The number of aryl methyl sites for hydroxylation is 3. The number of carbonyl (C=O) groups is 2. The van der Waals surface area contributed by atoms with Gasteiger partial charge in [-0.25, -0.2) is 14.6 Å². The zero-order valence-electron chi connectivity index (χ0n) is 19.2. The summed E-state index contributed by atoms with van der Waals surface area (Å²) >= 11 is 0. The minimum atomic E-state index is -0.471. The molecular formula is C24H29N5O3. The number of carbonyl (C=O) groups excluding carboxylic acids is 2. The van der Waals surface area contributed by atoms with Crippen molar-refractivity contribution in [1.29, 1.82) is 0 Å². The van der Waals surface area contributed by atoms with Crippen LogP contribution in [0.25, 0.3) is 5.95 Å². The summed E-state index contributed by atoms with van der Waals surface area (Å²) in [5, 5.41) is 7.55. The topological polar surface area (TPSA) is 99.0 Å². The van der Waals surface area contributed by atoms with Crippen molar-refractivity contribution in [2.75, 3.05) is 6.61 Å². The molecule has 1 amide bonds. The van der Waals surface area contributed by atoms with Gasteiger partial charge in [0.15, 0.2) is 0 Å². The van der Waals surface area contributed by atoms with Crippen LogP contribution in [0.15, 0.2) is 36.4 Å². The van der Waals surface area contributed by atoms with Gasteiger partial charge in [-0.05, 0) is 46.2 Å². The molecule has 0 aliphatic heterocycles. The third-order valence-corrected chi connectivity index (χ3v) is 5.15. The molecule has 8 nitrogen and oxygen atoms in total. The summed E-state index contributed by atoms with van der Waals surface area (Å²) < 4.78 is 6.76. The Bertz CT molecular complexity index is 1090. The van der Waals surface area contributed by atoms with Crippen LogP contribution >= 0.6 is 0 Å². The molecular weight excluding hydrogens is 406 g/mol. The molecule has 0 spiro atoms. The highest BCUT2D eigenvalue weighted by molar-refractivity contribution is 5.80. The van der Waals surface area contributed by atoms with E-state index in [0.717, 1.165) is 33.9 Å². The molecule has 3 rings (SSSR count). The van der Waals surface area contributed by atoms with Crippen molar-refractivity contribution in [2.45, 2.75) is 53.5 Å². The Balaban J connectivity index is 1.81. The minimum absolute atomic E-state index is 0.0667. The molecule has 0 saturated heterocycles. The maximum Gasteiger partial charge on any atom is 0.308 e. The number of benzene rings is 1. The smallest absolute Gasteiger partial charge is 0.308 e. The highest BCUT2D eigenvalue weighted by Crippen LogP contribution is 2.20. The third kappa shape index (κ3) is 5.57. The van der Waals surface area contributed by atoms with Crippen LogP contribution in [0.3, 0.4) is 0 Å². The van der Waals surface area contributed by atoms with Crippen LogP contribution in [-0.2, 0) is 20.7 Å². The summed E-state index contributed by atoms with van der Waals surface area (Å²) in [5.74, 6) is -0.0664. The number of nitrogens with one attached hydrogen (secondary N) is 1. The van der Waals surface area contributed by atoms with Crippen LogP contribution in [0, 0.1) is 27.7 Å². The van der Waals surface area contributed by atoms with Crippen molar-refractivity contribution in [1.82, 2.24) is 25.1 Å². The average molecular weight is 436 g/mol. The van der Waals surface area contributed by atoms with Crippen molar-refractivity contribution in [3.63, 3.8) is 0 Å². The molecule has 0 aliphatic carbocycles. The molecule has 8 heteroatoms. The number of hydrogen-bond donors (Lipinski definition) is 1. The molecule has 2 aromatic heterocycles. The van der Waals surface area contributed by atoms with Crippen LogP contribution in [0.4, 0.5) is 0 Å². The molecule has 2 heterocycles. The quantitative estimate of drug-likeness (QED) is 0.546. The van der Waals surface area contributed by atoms with Gasteiger partial charge in [-0.3, -0.25) is 9.59 Å². The molecule has 0 saturated carbocycles. The lowest BCUT2D eigenvalue weighted by Gasteiger charge is -2.18.